The van der Waals surface area contributed by atoms with Crippen LogP contribution in [0.15, 0.2) is 0 Å². The van der Waals surface area contributed by atoms with Gasteiger partial charge >= 0.3 is 5.97 Å². The minimum atomic E-state index is -0.426. The van der Waals surface area contributed by atoms with E-state index in [4.69, 9.17) is 4.74 Å². The minimum Gasteiger partial charge on any atom is -0.469 e. The van der Waals surface area contributed by atoms with Gasteiger partial charge in [-0.25, -0.2) is 0 Å². The Bertz CT molecular complexity index is 234. The van der Waals surface area contributed by atoms with Crippen LogP contribution in [0.5, 0.6) is 0 Å². The molecule has 2 unspecified atom stereocenters. The number of rotatable bonds is 2. The van der Waals surface area contributed by atoms with Crippen LogP contribution in [0, 0.1) is 11.3 Å². The average Bonchev–Trinajstić information content (AvgIpc) is 2.48. The molecule has 1 rings (SSSR count). The molecule has 2 atom stereocenters. The van der Waals surface area contributed by atoms with E-state index in [0.717, 1.165) is 12.8 Å². The summed E-state index contributed by atoms with van der Waals surface area (Å²) in [5.41, 5.74) is -0.426. The van der Waals surface area contributed by atoms with Gasteiger partial charge in [-0.15, -0.1) is 0 Å². The summed E-state index contributed by atoms with van der Waals surface area (Å²) in [6.07, 6.45) is 2.24. The van der Waals surface area contributed by atoms with E-state index >= 15 is 0 Å². The van der Waals surface area contributed by atoms with Crippen LogP contribution in [-0.4, -0.2) is 18.9 Å². The standard InChI is InChI=1S/C10H16O3/c1-7(11)8-4-5-10(2,6-8)9(12)13-3/h8H,4-6H2,1-3H3. The summed E-state index contributed by atoms with van der Waals surface area (Å²) in [6, 6.07) is 0. The average molecular weight is 184 g/mol. The summed E-state index contributed by atoms with van der Waals surface area (Å²) < 4.78 is 4.71. The van der Waals surface area contributed by atoms with Gasteiger partial charge in [0.15, 0.2) is 0 Å². The summed E-state index contributed by atoms with van der Waals surface area (Å²) in [4.78, 5) is 22.5. The zero-order valence-corrected chi connectivity index (χ0v) is 8.42. The highest BCUT2D eigenvalue weighted by Gasteiger charge is 2.43. The van der Waals surface area contributed by atoms with Gasteiger partial charge in [0.05, 0.1) is 12.5 Å². The number of hydrogen-bond donors (Lipinski definition) is 0. The van der Waals surface area contributed by atoms with Crippen molar-refractivity contribution in [2.45, 2.75) is 33.1 Å². The van der Waals surface area contributed by atoms with Gasteiger partial charge in [-0.2, -0.15) is 0 Å². The predicted octanol–water partition coefficient (Wildman–Crippen LogP) is 1.55. The molecular formula is C10H16O3. The molecule has 0 aromatic carbocycles. The number of ether oxygens (including phenoxy) is 1. The van der Waals surface area contributed by atoms with E-state index in [1.165, 1.54) is 7.11 Å². The fraction of sp³-hybridized carbons (Fsp3) is 0.800. The quantitative estimate of drug-likeness (QED) is 0.611. The topological polar surface area (TPSA) is 43.4 Å². The Morgan fingerprint density at radius 3 is 2.46 bits per heavy atom. The molecule has 1 fully saturated rings. The van der Waals surface area contributed by atoms with Gasteiger partial charge in [0.1, 0.15) is 5.78 Å². The van der Waals surface area contributed by atoms with Crippen molar-refractivity contribution in [1.82, 2.24) is 0 Å². The molecular weight excluding hydrogens is 168 g/mol. The van der Waals surface area contributed by atoms with Crippen molar-refractivity contribution in [2.24, 2.45) is 11.3 Å². The van der Waals surface area contributed by atoms with Crippen LogP contribution < -0.4 is 0 Å². The molecule has 0 N–H and O–H groups in total. The lowest BCUT2D eigenvalue weighted by Crippen LogP contribution is -2.26. The third-order valence-electron chi connectivity index (χ3n) is 2.99. The lowest BCUT2D eigenvalue weighted by Gasteiger charge is -2.19. The molecule has 0 spiro atoms. The highest BCUT2D eigenvalue weighted by Crippen LogP contribution is 2.42. The van der Waals surface area contributed by atoms with Crippen LogP contribution in [-0.2, 0) is 14.3 Å². The first-order valence-corrected chi connectivity index (χ1v) is 4.58. The van der Waals surface area contributed by atoms with Gasteiger partial charge in [-0.3, -0.25) is 9.59 Å². The molecule has 0 aliphatic heterocycles. The number of carbonyl (C=O) groups excluding carboxylic acids is 2. The van der Waals surface area contributed by atoms with Crippen LogP contribution in [0.1, 0.15) is 33.1 Å². The summed E-state index contributed by atoms with van der Waals surface area (Å²) >= 11 is 0. The van der Waals surface area contributed by atoms with Crippen molar-refractivity contribution >= 4 is 11.8 Å². The monoisotopic (exact) mass is 184 g/mol. The molecule has 1 aliphatic rings. The maximum absolute atomic E-state index is 11.4. The van der Waals surface area contributed by atoms with Crippen molar-refractivity contribution in [3.63, 3.8) is 0 Å². The summed E-state index contributed by atoms with van der Waals surface area (Å²) in [5.74, 6) is 0.0629. The lowest BCUT2D eigenvalue weighted by atomic mass is 9.87. The Kier molecular flexibility index (Phi) is 2.74. The van der Waals surface area contributed by atoms with Gasteiger partial charge in [-0.1, -0.05) is 0 Å². The van der Waals surface area contributed by atoms with Crippen LogP contribution in [0.2, 0.25) is 0 Å². The highest BCUT2D eigenvalue weighted by molar-refractivity contribution is 5.82. The number of hydrogen-bond acceptors (Lipinski definition) is 3. The molecule has 0 aromatic rings. The van der Waals surface area contributed by atoms with E-state index in [1.54, 1.807) is 6.92 Å². The molecule has 1 aliphatic carbocycles. The van der Waals surface area contributed by atoms with E-state index in [9.17, 15) is 9.59 Å². The zero-order valence-electron chi connectivity index (χ0n) is 8.42. The van der Waals surface area contributed by atoms with E-state index < -0.39 is 5.41 Å². The van der Waals surface area contributed by atoms with Crippen molar-refractivity contribution in [3.8, 4) is 0 Å². The molecule has 0 amide bonds. The predicted molar refractivity (Wildman–Crippen MR) is 48.1 cm³/mol. The SMILES string of the molecule is COC(=O)C1(C)CCC(C(C)=O)C1. The van der Waals surface area contributed by atoms with E-state index in [2.05, 4.69) is 0 Å². The van der Waals surface area contributed by atoms with Crippen molar-refractivity contribution in [2.75, 3.05) is 7.11 Å². The molecule has 0 saturated heterocycles. The molecule has 0 bridgehead atoms. The van der Waals surface area contributed by atoms with Gasteiger partial charge in [0, 0.05) is 5.92 Å². The Hall–Kier alpha value is -0.860. The second-order valence-corrected chi connectivity index (χ2v) is 4.10. The normalized spacial score (nSPS) is 33.0. The number of ketones is 1. The smallest absolute Gasteiger partial charge is 0.311 e. The van der Waals surface area contributed by atoms with Crippen LogP contribution >= 0.6 is 0 Å². The van der Waals surface area contributed by atoms with Crippen LogP contribution in [0.3, 0.4) is 0 Å². The molecule has 0 aromatic heterocycles. The Morgan fingerprint density at radius 2 is 2.08 bits per heavy atom. The molecule has 13 heavy (non-hydrogen) atoms. The molecule has 3 nitrogen and oxygen atoms in total. The Balaban J connectivity index is 2.66. The van der Waals surface area contributed by atoms with E-state index in [0.29, 0.717) is 6.42 Å². The summed E-state index contributed by atoms with van der Waals surface area (Å²) in [6.45, 7) is 3.47. The minimum absolute atomic E-state index is 0.0594. The molecule has 3 heteroatoms. The maximum Gasteiger partial charge on any atom is 0.311 e. The third-order valence-corrected chi connectivity index (χ3v) is 2.99. The largest absolute Gasteiger partial charge is 0.469 e. The van der Waals surface area contributed by atoms with Gasteiger partial charge in [0.25, 0.3) is 0 Å². The molecule has 74 valence electrons. The number of carbonyl (C=O) groups is 2. The molecule has 1 saturated carbocycles. The second-order valence-electron chi connectivity index (χ2n) is 4.10. The maximum atomic E-state index is 11.4. The first-order chi connectivity index (χ1) is 5.99. The summed E-state index contributed by atoms with van der Waals surface area (Å²) in [7, 11) is 1.40. The first-order valence-electron chi connectivity index (χ1n) is 4.58. The van der Waals surface area contributed by atoms with Crippen molar-refractivity contribution in [3.05, 3.63) is 0 Å². The zero-order chi connectivity index (χ0) is 10.1. The lowest BCUT2D eigenvalue weighted by molar-refractivity contribution is -0.151. The Morgan fingerprint density at radius 1 is 1.46 bits per heavy atom. The number of Topliss-reactive ketones (excluding diaryl/α,β-unsaturated/α-hetero) is 1. The van der Waals surface area contributed by atoms with Crippen molar-refractivity contribution < 1.29 is 14.3 Å². The third kappa shape index (κ3) is 1.90. The van der Waals surface area contributed by atoms with Crippen molar-refractivity contribution in [1.29, 1.82) is 0 Å². The van der Waals surface area contributed by atoms with E-state index in [-0.39, 0.29) is 17.7 Å². The second kappa shape index (κ2) is 3.48. The van der Waals surface area contributed by atoms with Gasteiger partial charge in [0.2, 0.25) is 0 Å². The fourth-order valence-electron chi connectivity index (χ4n) is 2.02. The highest BCUT2D eigenvalue weighted by atomic mass is 16.5. The van der Waals surface area contributed by atoms with Gasteiger partial charge in [-0.05, 0) is 33.1 Å². The Labute approximate surface area is 78.5 Å². The van der Waals surface area contributed by atoms with Crippen LogP contribution in [0.4, 0.5) is 0 Å². The molecule has 0 heterocycles. The molecule has 0 radical (unpaired) electrons. The fourth-order valence-corrected chi connectivity index (χ4v) is 2.02. The number of methoxy groups -OCH3 is 1. The number of esters is 1. The van der Waals surface area contributed by atoms with E-state index in [1.807, 2.05) is 6.92 Å². The summed E-state index contributed by atoms with van der Waals surface area (Å²) in [5, 5.41) is 0. The van der Waals surface area contributed by atoms with Gasteiger partial charge < -0.3 is 4.74 Å². The first kappa shape index (κ1) is 10.2. The van der Waals surface area contributed by atoms with Crippen LogP contribution in [0.25, 0.3) is 0 Å².